The van der Waals surface area contributed by atoms with Crippen molar-refractivity contribution < 1.29 is 4.79 Å². The maximum Gasteiger partial charge on any atom is 0.229 e. The molecule has 4 aromatic rings. The van der Waals surface area contributed by atoms with Crippen LogP contribution in [0.25, 0.3) is 10.8 Å². The van der Waals surface area contributed by atoms with Crippen LogP contribution in [0.2, 0.25) is 10.0 Å². The molecule has 3 aromatic carbocycles. The lowest BCUT2D eigenvalue weighted by Gasteiger charge is -2.06. The molecule has 0 aliphatic heterocycles. The molecule has 1 amide bonds. The molecule has 0 aliphatic rings. The Morgan fingerprint density at radius 1 is 1.03 bits per heavy atom. The summed E-state index contributed by atoms with van der Waals surface area (Å²) in [6.45, 7) is 1.95. The molecule has 3 nitrogen and oxygen atoms in total. The molecule has 4 rings (SSSR count). The average molecular weight is 441 g/mol. The van der Waals surface area contributed by atoms with E-state index < -0.39 is 0 Å². The maximum atomic E-state index is 12.5. The fourth-order valence-corrected chi connectivity index (χ4v) is 4.65. The van der Waals surface area contributed by atoms with E-state index in [2.05, 4.69) is 41.7 Å². The summed E-state index contributed by atoms with van der Waals surface area (Å²) in [5, 5.41) is 7.21. The Labute approximate surface area is 183 Å². The average Bonchev–Trinajstić information content (AvgIpc) is 3.04. The third-order valence-corrected chi connectivity index (χ3v) is 6.58. The van der Waals surface area contributed by atoms with Crippen molar-refractivity contribution in [1.82, 2.24) is 4.98 Å². The predicted molar refractivity (Wildman–Crippen MR) is 122 cm³/mol. The standard InChI is InChI=1S/C23H18Cl2N2OS/c1-14-21(13-22(28)27-17-9-10-19(24)20(25)12-17)29-23(26-14)11-16-7-4-6-15-5-2-3-8-18(15)16/h2-10,12H,11,13H2,1H3,(H,27,28). The fourth-order valence-electron chi connectivity index (χ4n) is 3.26. The van der Waals surface area contributed by atoms with Crippen LogP contribution >= 0.6 is 34.5 Å². The van der Waals surface area contributed by atoms with E-state index >= 15 is 0 Å². The number of carbonyl (C=O) groups excluding carboxylic acids is 1. The van der Waals surface area contributed by atoms with Crippen molar-refractivity contribution in [3.63, 3.8) is 0 Å². The molecule has 1 heterocycles. The summed E-state index contributed by atoms with van der Waals surface area (Å²) >= 11 is 13.5. The molecule has 29 heavy (non-hydrogen) atoms. The van der Waals surface area contributed by atoms with Crippen molar-refractivity contribution in [3.05, 3.63) is 91.9 Å². The van der Waals surface area contributed by atoms with Crippen molar-refractivity contribution in [1.29, 1.82) is 0 Å². The zero-order chi connectivity index (χ0) is 20.4. The second kappa shape index (κ2) is 8.54. The van der Waals surface area contributed by atoms with Gasteiger partial charge in [0.1, 0.15) is 0 Å². The summed E-state index contributed by atoms with van der Waals surface area (Å²) in [5.74, 6) is -0.105. The second-order valence-electron chi connectivity index (χ2n) is 6.79. The highest BCUT2D eigenvalue weighted by Gasteiger charge is 2.14. The van der Waals surface area contributed by atoms with Crippen LogP contribution in [-0.2, 0) is 17.6 Å². The maximum absolute atomic E-state index is 12.5. The Morgan fingerprint density at radius 2 is 1.83 bits per heavy atom. The van der Waals surface area contributed by atoms with E-state index in [1.54, 1.807) is 29.5 Å². The van der Waals surface area contributed by atoms with Crippen LogP contribution in [0.3, 0.4) is 0 Å². The van der Waals surface area contributed by atoms with E-state index in [1.165, 1.54) is 16.3 Å². The zero-order valence-electron chi connectivity index (χ0n) is 15.7. The molecule has 0 atom stereocenters. The number of aromatic nitrogens is 1. The number of amides is 1. The van der Waals surface area contributed by atoms with E-state index in [4.69, 9.17) is 28.2 Å². The summed E-state index contributed by atoms with van der Waals surface area (Å²) in [6, 6.07) is 19.7. The second-order valence-corrected chi connectivity index (χ2v) is 8.77. The lowest BCUT2D eigenvalue weighted by Crippen LogP contribution is -2.14. The quantitative estimate of drug-likeness (QED) is 0.375. The summed E-state index contributed by atoms with van der Waals surface area (Å²) in [4.78, 5) is 18.1. The molecule has 1 aromatic heterocycles. The molecule has 0 unspecified atom stereocenters. The zero-order valence-corrected chi connectivity index (χ0v) is 18.0. The normalized spacial score (nSPS) is 11.0. The number of anilines is 1. The minimum atomic E-state index is -0.105. The van der Waals surface area contributed by atoms with E-state index in [9.17, 15) is 4.79 Å². The van der Waals surface area contributed by atoms with Gasteiger partial charge in [-0.05, 0) is 41.5 Å². The van der Waals surface area contributed by atoms with Gasteiger partial charge < -0.3 is 5.32 Å². The number of halogens is 2. The third-order valence-electron chi connectivity index (χ3n) is 4.68. The molecular weight excluding hydrogens is 423 g/mol. The van der Waals surface area contributed by atoms with Crippen molar-refractivity contribution in [2.75, 3.05) is 5.32 Å². The molecule has 1 N–H and O–H groups in total. The van der Waals surface area contributed by atoms with E-state index in [1.807, 2.05) is 13.0 Å². The molecule has 0 aliphatic carbocycles. The van der Waals surface area contributed by atoms with Crippen LogP contribution in [-0.4, -0.2) is 10.9 Å². The number of nitrogens with one attached hydrogen (secondary N) is 1. The van der Waals surface area contributed by atoms with Crippen molar-refractivity contribution >= 4 is 56.9 Å². The van der Waals surface area contributed by atoms with Crippen molar-refractivity contribution in [2.24, 2.45) is 0 Å². The van der Waals surface area contributed by atoms with E-state index in [-0.39, 0.29) is 12.3 Å². The highest BCUT2D eigenvalue weighted by Crippen LogP contribution is 2.27. The van der Waals surface area contributed by atoms with E-state index in [0.717, 1.165) is 22.0 Å². The number of rotatable bonds is 5. The van der Waals surface area contributed by atoms with Gasteiger partial charge in [0.2, 0.25) is 5.91 Å². The Morgan fingerprint density at radius 3 is 2.66 bits per heavy atom. The predicted octanol–water partition coefficient (Wildman–Crippen LogP) is 6.68. The molecule has 0 bridgehead atoms. The summed E-state index contributed by atoms with van der Waals surface area (Å²) in [7, 11) is 0. The van der Waals surface area contributed by atoms with Gasteiger partial charge in [-0.1, -0.05) is 65.7 Å². The molecule has 0 fully saturated rings. The highest BCUT2D eigenvalue weighted by atomic mass is 35.5. The lowest BCUT2D eigenvalue weighted by atomic mass is 10.0. The summed E-state index contributed by atoms with van der Waals surface area (Å²) in [6.07, 6.45) is 1.03. The monoisotopic (exact) mass is 440 g/mol. The van der Waals surface area contributed by atoms with E-state index in [0.29, 0.717) is 15.7 Å². The first kappa shape index (κ1) is 19.9. The Kier molecular flexibility index (Phi) is 5.86. The van der Waals surface area contributed by atoms with Crippen LogP contribution in [0.4, 0.5) is 5.69 Å². The van der Waals surface area contributed by atoms with Crippen LogP contribution in [0.1, 0.15) is 21.1 Å². The number of fused-ring (bicyclic) bond motifs is 1. The van der Waals surface area contributed by atoms with Crippen molar-refractivity contribution in [2.45, 2.75) is 19.8 Å². The molecule has 0 saturated heterocycles. The van der Waals surface area contributed by atoms with Gasteiger partial charge in [-0.15, -0.1) is 11.3 Å². The van der Waals surface area contributed by atoms with Gasteiger partial charge in [0.15, 0.2) is 0 Å². The Hall–Kier alpha value is -2.40. The largest absolute Gasteiger partial charge is 0.326 e. The van der Waals surface area contributed by atoms with Crippen LogP contribution < -0.4 is 5.32 Å². The number of aryl methyl sites for hydroxylation is 1. The molecule has 0 saturated carbocycles. The minimum Gasteiger partial charge on any atom is -0.326 e. The molecular formula is C23H18Cl2N2OS. The highest BCUT2D eigenvalue weighted by molar-refractivity contribution is 7.11. The number of hydrogen-bond donors (Lipinski definition) is 1. The molecule has 0 radical (unpaired) electrons. The summed E-state index contributed by atoms with van der Waals surface area (Å²) < 4.78 is 0. The van der Waals surface area contributed by atoms with Crippen LogP contribution in [0, 0.1) is 6.92 Å². The number of carbonyl (C=O) groups is 1. The topological polar surface area (TPSA) is 42.0 Å². The number of thiazole rings is 1. The molecule has 146 valence electrons. The van der Waals surface area contributed by atoms with Crippen molar-refractivity contribution in [3.8, 4) is 0 Å². The van der Waals surface area contributed by atoms with Gasteiger partial charge >= 0.3 is 0 Å². The van der Waals surface area contributed by atoms with Gasteiger partial charge in [0.25, 0.3) is 0 Å². The SMILES string of the molecule is Cc1nc(Cc2cccc3ccccc23)sc1CC(=O)Nc1ccc(Cl)c(Cl)c1. The Bertz CT molecular complexity index is 1200. The fraction of sp³-hybridized carbons (Fsp3) is 0.130. The molecule has 6 heteroatoms. The number of benzene rings is 3. The number of hydrogen-bond acceptors (Lipinski definition) is 3. The third kappa shape index (κ3) is 4.61. The smallest absolute Gasteiger partial charge is 0.229 e. The van der Waals surface area contributed by atoms with Gasteiger partial charge in [0, 0.05) is 17.0 Å². The number of nitrogens with zero attached hydrogens (tertiary/aromatic N) is 1. The van der Waals surface area contributed by atoms with Crippen LogP contribution in [0.15, 0.2) is 60.7 Å². The molecule has 0 spiro atoms. The van der Waals surface area contributed by atoms with Crippen LogP contribution in [0.5, 0.6) is 0 Å². The van der Waals surface area contributed by atoms with Gasteiger partial charge in [-0.3, -0.25) is 4.79 Å². The first-order chi connectivity index (χ1) is 14.0. The minimum absolute atomic E-state index is 0.105. The Balaban J connectivity index is 1.49. The van der Waals surface area contributed by atoms with Gasteiger partial charge in [0.05, 0.1) is 27.2 Å². The first-order valence-electron chi connectivity index (χ1n) is 9.16. The van der Waals surface area contributed by atoms with Gasteiger partial charge in [-0.2, -0.15) is 0 Å². The lowest BCUT2D eigenvalue weighted by molar-refractivity contribution is -0.115. The first-order valence-corrected chi connectivity index (χ1v) is 10.7. The summed E-state index contributed by atoms with van der Waals surface area (Å²) in [5.41, 5.74) is 2.76. The van der Waals surface area contributed by atoms with Gasteiger partial charge in [-0.25, -0.2) is 4.98 Å².